The SMILES string of the molecule is O=C(c1cnn(-c2ccccc2)c1)N1C[C@H]2CC[C@@H](C1)N(Cc1ccccc1)C2. The summed E-state index contributed by atoms with van der Waals surface area (Å²) in [6.07, 6.45) is 5.93. The van der Waals surface area contributed by atoms with Gasteiger partial charge in [-0.15, -0.1) is 0 Å². The van der Waals surface area contributed by atoms with E-state index in [-0.39, 0.29) is 5.91 Å². The molecule has 0 radical (unpaired) electrons. The van der Waals surface area contributed by atoms with Crippen LogP contribution < -0.4 is 0 Å². The first kappa shape index (κ1) is 18.1. The van der Waals surface area contributed by atoms with Crippen LogP contribution in [0.25, 0.3) is 5.69 Å². The summed E-state index contributed by atoms with van der Waals surface area (Å²) in [5.41, 5.74) is 2.99. The van der Waals surface area contributed by atoms with Gasteiger partial charge in [-0.3, -0.25) is 9.69 Å². The fourth-order valence-corrected chi connectivity index (χ4v) is 4.69. The molecule has 3 saturated heterocycles. The van der Waals surface area contributed by atoms with Gasteiger partial charge in [0.05, 0.1) is 17.4 Å². The van der Waals surface area contributed by atoms with Crippen molar-refractivity contribution in [2.45, 2.75) is 25.4 Å². The Morgan fingerprint density at radius 2 is 1.69 bits per heavy atom. The van der Waals surface area contributed by atoms with Crippen molar-refractivity contribution in [1.29, 1.82) is 0 Å². The standard InChI is InChI=1S/C24H26N4O/c29-24(21-13-25-28(17-21)22-9-5-2-6-10-22)27-16-20-11-12-23(18-27)26(15-20)14-19-7-3-1-4-8-19/h1-10,13,17,20,23H,11-12,14-16,18H2/t20-,23-/m0/s1. The molecule has 148 valence electrons. The van der Waals surface area contributed by atoms with Gasteiger partial charge in [0.15, 0.2) is 0 Å². The number of carbonyl (C=O) groups is 1. The van der Waals surface area contributed by atoms with Gasteiger partial charge in [-0.25, -0.2) is 4.68 Å². The molecule has 2 bridgehead atoms. The number of aromatic nitrogens is 2. The van der Waals surface area contributed by atoms with E-state index in [2.05, 4.69) is 45.2 Å². The Hall–Kier alpha value is -2.92. The van der Waals surface area contributed by atoms with E-state index in [9.17, 15) is 4.79 Å². The molecular weight excluding hydrogens is 360 g/mol. The molecule has 4 heterocycles. The van der Waals surface area contributed by atoms with Gasteiger partial charge in [-0.05, 0) is 36.5 Å². The molecule has 3 aliphatic heterocycles. The Morgan fingerprint density at radius 3 is 2.48 bits per heavy atom. The van der Waals surface area contributed by atoms with Crippen molar-refractivity contribution >= 4 is 5.91 Å². The zero-order valence-electron chi connectivity index (χ0n) is 16.5. The Balaban J connectivity index is 1.31. The number of rotatable bonds is 4. The molecule has 3 fully saturated rings. The maximum atomic E-state index is 13.2. The quantitative estimate of drug-likeness (QED) is 0.688. The third-order valence-corrected chi connectivity index (χ3v) is 6.19. The molecule has 3 aliphatic rings. The first-order chi connectivity index (χ1) is 14.3. The Labute approximate surface area is 171 Å². The minimum Gasteiger partial charge on any atom is -0.337 e. The lowest BCUT2D eigenvalue weighted by molar-refractivity contribution is 0.0736. The van der Waals surface area contributed by atoms with Crippen LogP contribution in [0.2, 0.25) is 0 Å². The summed E-state index contributed by atoms with van der Waals surface area (Å²) in [6, 6.07) is 21.0. The predicted molar refractivity (Wildman–Crippen MR) is 113 cm³/mol. The number of piperidine rings is 1. The van der Waals surface area contributed by atoms with Crippen LogP contribution in [0.15, 0.2) is 73.1 Å². The van der Waals surface area contributed by atoms with E-state index in [1.54, 1.807) is 10.9 Å². The average Bonchev–Trinajstić information content (AvgIpc) is 3.09. The predicted octanol–water partition coefficient (Wildman–Crippen LogP) is 3.61. The molecule has 0 unspecified atom stereocenters. The second-order valence-corrected chi connectivity index (χ2v) is 8.23. The molecule has 2 aromatic carbocycles. The molecule has 6 rings (SSSR count). The highest BCUT2D eigenvalue weighted by Gasteiger charge is 2.36. The minimum absolute atomic E-state index is 0.102. The van der Waals surface area contributed by atoms with Crippen molar-refractivity contribution in [2.24, 2.45) is 5.92 Å². The smallest absolute Gasteiger partial charge is 0.257 e. The summed E-state index contributed by atoms with van der Waals surface area (Å²) >= 11 is 0. The third-order valence-electron chi connectivity index (χ3n) is 6.19. The van der Waals surface area contributed by atoms with Crippen molar-refractivity contribution in [3.63, 3.8) is 0 Å². The largest absolute Gasteiger partial charge is 0.337 e. The van der Waals surface area contributed by atoms with E-state index < -0.39 is 0 Å². The van der Waals surface area contributed by atoms with Gasteiger partial charge in [-0.1, -0.05) is 48.5 Å². The highest BCUT2D eigenvalue weighted by molar-refractivity contribution is 5.94. The highest BCUT2D eigenvalue weighted by Crippen LogP contribution is 2.30. The van der Waals surface area contributed by atoms with E-state index in [4.69, 9.17) is 0 Å². The molecule has 5 heteroatoms. The number of para-hydroxylation sites is 1. The van der Waals surface area contributed by atoms with Gasteiger partial charge in [0.25, 0.3) is 5.91 Å². The van der Waals surface area contributed by atoms with Crippen molar-refractivity contribution < 1.29 is 4.79 Å². The molecule has 0 saturated carbocycles. The number of carbonyl (C=O) groups excluding carboxylic acids is 1. The molecular formula is C24H26N4O. The van der Waals surface area contributed by atoms with E-state index in [0.717, 1.165) is 31.9 Å². The van der Waals surface area contributed by atoms with Gasteiger partial charge < -0.3 is 4.90 Å². The zero-order valence-corrected chi connectivity index (χ0v) is 16.5. The molecule has 2 atom stereocenters. The van der Waals surface area contributed by atoms with E-state index in [1.807, 2.05) is 36.5 Å². The lowest BCUT2D eigenvalue weighted by Gasteiger charge is -2.36. The molecule has 1 aromatic heterocycles. The van der Waals surface area contributed by atoms with Crippen LogP contribution in [0.1, 0.15) is 28.8 Å². The lowest BCUT2D eigenvalue weighted by Crippen LogP contribution is -2.43. The van der Waals surface area contributed by atoms with Crippen LogP contribution in [0.4, 0.5) is 0 Å². The summed E-state index contributed by atoms with van der Waals surface area (Å²) < 4.78 is 1.78. The first-order valence-corrected chi connectivity index (χ1v) is 10.4. The summed E-state index contributed by atoms with van der Waals surface area (Å²) in [5, 5.41) is 4.41. The summed E-state index contributed by atoms with van der Waals surface area (Å²) in [5.74, 6) is 0.649. The first-order valence-electron chi connectivity index (χ1n) is 10.4. The fraction of sp³-hybridized carbons (Fsp3) is 0.333. The maximum absolute atomic E-state index is 13.2. The van der Waals surface area contributed by atoms with Crippen LogP contribution in [0, 0.1) is 5.92 Å². The average molecular weight is 386 g/mol. The van der Waals surface area contributed by atoms with Gasteiger partial charge in [0.2, 0.25) is 0 Å². The summed E-state index contributed by atoms with van der Waals surface area (Å²) in [7, 11) is 0. The zero-order chi connectivity index (χ0) is 19.6. The normalized spacial score (nSPS) is 21.9. The Bertz CT molecular complexity index is 969. The van der Waals surface area contributed by atoms with Crippen LogP contribution in [0.5, 0.6) is 0 Å². The topological polar surface area (TPSA) is 41.4 Å². The lowest BCUT2D eigenvalue weighted by atomic mass is 9.94. The number of hydrogen-bond donors (Lipinski definition) is 0. The molecule has 0 N–H and O–H groups in total. The van der Waals surface area contributed by atoms with Crippen LogP contribution >= 0.6 is 0 Å². The highest BCUT2D eigenvalue weighted by atomic mass is 16.2. The molecule has 1 amide bonds. The summed E-state index contributed by atoms with van der Waals surface area (Å²) in [6.45, 7) is 3.69. The number of benzene rings is 2. The Kier molecular flexibility index (Phi) is 4.90. The fourth-order valence-electron chi connectivity index (χ4n) is 4.69. The molecule has 0 spiro atoms. The monoisotopic (exact) mass is 386 g/mol. The van der Waals surface area contributed by atoms with Crippen LogP contribution in [-0.2, 0) is 6.54 Å². The molecule has 0 aliphatic carbocycles. The molecule has 3 aromatic rings. The van der Waals surface area contributed by atoms with Crippen molar-refractivity contribution in [1.82, 2.24) is 19.6 Å². The van der Waals surface area contributed by atoms with Gasteiger partial charge in [-0.2, -0.15) is 5.10 Å². The Morgan fingerprint density at radius 1 is 0.931 bits per heavy atom. The second-order valence-electron chi connectivity index (χ2n) is 8.23. The maximum Gasteiger partial charge on any atom is 0.257 e. The molecule has 29 heavy (non-hydrogen) atoms. The van der Waals surface area contributed by atoms with E-state index >= 15 is 0 Å². The van der Waals surface area contributed by atoms with Crippen LogP contribution in [-0.4, -0.2) is 51.2 Å². The second kappa shape index (κ2) is 7.84. The van der Waals surface area contributed by atoms with Gasteiger partial charge >= 0.3 is 0 Å². The van der Waals surface area contributed by atoms with E-state index in [0.29, 0.717) is 17.5 Å². The molecule has 5 nitrogen and oxygen atoms in total. The number of nitrogens with zero attached hydrogens (tertiary/aromatic N) is 4. The van der Waals surface area contributed by atoms with Crippen LogP contribution in [0.3, 0.4) is 0 Å². The van der Waals surface area contributed by atoms with E-state index in [1.165, 1.54) is 18.4 Å². The number of fused-ring (bicyclic) bond motifs is 4. The van der Waals surface area contributed by atoms with Crippen molar-refractivity contribution in [2.75, 3.05) is 19.6 Å². The minimum atomic E-state index is 0.102. The number of hydrogen-bond acceptors (Lipinski definition) is 3. The van der Waals surface area contributed by atoms with Crippen molar-refractivity contribution in [3.8, 4) is 5.69 Å². The third kappa shape index (κ3) is 3.83. The summed E-state index contributed by atoms with van der Waals surface area (Å²) in [4.78, 5) is 17.9. The van der Waals surface area contributed by atoms with Gasteiger partial charge in [0.1, 0.15) is 0 Å². The van der Waals surface area contributed by atoms with Gasteiger partial charge in [0, 0.05) is 38.4 Å². The number of amides is 1. The van der Waals surface area contributed by atoms with Crippen molar-refractivity contribution in [3.05, 3.63) is 84.2 Å².